The van der Waals surface area contributed by atoms with Crippen LogP contribution in [0.25, 0.3) is 0 Å². The Bertz CT molecular complexity index is 313. The van der Waals surface area contributed by atoms with Crippen LogP contribution in [0.4, 0.5) is 5.13 Å². The minimum absolute atomic E-state index is 0.0761. The van der Waals surface area contributed by atoms with Crippen molar-refractivity contribution in [1.29, 1.82) is 0 Å². The number of nitrogens with zero attached hydrogens (tertiary/aromatic N) is 1. The van der Waals surface area contributed by atoms with E-state index in [-0.39, 0.29) is 11.0 Å². The third-order valence-electron chi connectivity index (χ3n) is 1.66. The predicted molar refractivity (Wildman–Crippen MR) is 54.0 cm³/mol. The number of hydrogen-bond donors (Lipinski definition) is 2. The summed E-state index contributed by atoms with van der Waals surface area (Å²) >= 11 is 1.12. The van der Waals surface area contributed by atoms with Crippen LogP contribution >= 0.6 is 11.3 Å². The molecule has 0 fully saturated rings. The molecule has 0 bridgehead atoms. The Morgan fingerprint density at radius 1 is 1.86 bits per heavy atom. The highest BCUT2D eigenvalue weighted by atomic mass is 32.1. The fourth-order valence-electron chi connectivity index (χ4n) is 0.769. The van der Waals surface area contributed by atoms with Crippen LogP contribution in [0.1, 0.15) is 16.6 Å². The van der Waals surface area contributed by atoms with Gasteiger partial charge in [-0.15, -0.1) is 0 Å². The predicted octanol–water partition coefficient (Wildman–Crippen LogP) is 1.29. The number of carboxylic acid groups (broad SMARTS) is 1. The van der Waals surface area contributed by atoms with Gasteiger partial charge in [0, 0.05) is 13.7 Å². The molecule has 5 nitrogen and oxygen atoms in total. The number of thiazole rings is 1. The second kappa shape index (κ2) is 4.92. The molecule has 14 heavy (non-hydrogen) atoms. The second-order valence-electron chi connectivity index (χ2n) is 2.76. The lowest BCUT2D eigenvalue weighted by atomic mass is 10.4. The molecule has 1 aromatic rings. The summed E-state index contributed by atoms with van der Waals surface area (Å²) in [7, 11) is 1.62. The smallest absolute Gasteiger partial charge is 0.347 e. The topological polar surface area (TPSA) is 71.5 Å². The fraction of sp³-hybridized carbons (Fsp3) is 0.500. The van der Waals surface area contributed by atoms with E-state index in [1.165, 1.54) is 6.20 Å². The normalized spacial score (nSPS) is 12.4. The number of anilines is 1. The van der Waals surface area contributed by atoms with Crippen LogP contribution in [0, 0.1) is 0 Å². The summed E-state index contributed by atoms with van der Waals surface area (Å²) < 4.78 is 5.02. The van der Waals surface area contributed by atoms with Crippen LogP contribution in [0.2, 0.25) is 0 Å². The molecule has 0 saturated carbocycles. The van der Waals surface area contributed by atoms with Crippen LogP contribution in [-0.4, -0.2) is 35.8 Å². The number of aromatic nitrogens is 1. The highest BCUT2D eigenvalue weighted by Crippen LogP contribution is 2.17. The quantitative estimate of drug-likeness (QED) is 0.776. The Kier molecular flexibility index (Phi) is 3.84. The van der Waals surface area contributed by atoms with Gasteiger partial charge < -0.3 is 15.2 Å². The summed E-state index contributed by atoms with van der Waals surface area (Å²) in [5, 5.41) is 12.2. The van der Waals surface area contributed by atoms with Crippen molar-refractivity contribution in [2.45, 2.75) is 13.0 Å². The first-order valence-electron chi connectivity index (χ1n) is 4.09. The lowest BCUT2D eigenvalue weighted by Gasteiger charge is -2.08. The van der Waals surface area contributed by atoms with Gasteiger partial charge in [-0.2, -0.15) is 0 Å². The summed E-state index contributed by atoms with van der Waals surface area (Å²) in [5.74, 6) is -0.949. The Morgan fingerprint density at radius 3 is 3.07 bits per heavy atom. The van der Waals surface area contributed by atoms with Crippen molar-refractivity contribution >= 4 is 22.4 Å². The zero-order valence-electron chi connectivity index (χ0n) is 7.98. The average molecular weight is 216 g/mol. The van der Waals surface area contributed by atoms with Crippen LogP contribution in [-0.2, 0) is 4.74 Å². The molecule has 0 saturated heterocycles. The van der Waals surface area contributed by atoms with Gasteiger partial charge in [-0.1, -0.05) is 11.3 Å². The summed E-state index contributed by atoms with van der Waals surface area (Å²) in [5.41, 5.74) is 0. The van der Waals surface area contributed by atoms with Crippen molar-refractivity contribution in [2.24, 2.45) is 0 Å². The van der Waals surface area contributed by atoms with E-state index in [1.54, 1.807) is 7.11 Å². The van der Waals surface area contributed by atoms with Crippen LogP contribution in [0.15, 0.2) is 6.20 Å². The molecule has 0 aromatic carbocycles. The summed E-state index contributed by atoms with van der Waals surface area (Å²) in [6.45, 7) is 2.53. The molecule has 1 aromatic heterocycles. The van der Waals surface area contributed by atoms with E-state index in [2.05, 4.69) is 10.3 Å². The van der Waals surface area contributed by atoms with E-state index < -0.39 is 5.97 Å². The van der Waals surface area contributed by atoms with Gasteiger partial charge in [-0.3, -0.25) is 0 Å². The van der Waals surface area contributed by atoms with E-state index >= 15 is 0 Å². The molecule has 1 unspecified atom stereocenters. The number of methoxy groups -OCH3 is 1. The van der Waals surface area contributed by atoms with Gasteiger partial charge in [0.1, 0.15) is 4.88 Å². The van der Waals surface area contributed by atoms with E-state index in [0.717, 1.165) is 11.3 Å². The third-order valence-corrected chi connectivity index (χ3v) is 2.60. The molecule has 78 valence electrons. The lowest BCUT2D eigenvalue weighted by molar-refractivity contribution is 0.0702. The van der Waals surface area contributed by atoms with Crippen molar-refractivity contribution in [3.05, 3.63) is 11.1 Å². The number of rotatable bonds is 5. The highest BCUT2D eigenvalue weighted by Gasteiger charge is 2.08. The second-order valence-corrected chi connectivity index (χ2v) is 3.79. The van der Waals surface area contributed by atoms with Crippen molar-refractivity contribution in [2.75, 3.05) is 19.0 Å². The maximum absolute atomic E-state index is 10.5. The maximum Gasteiger partial charge on any atom is 0.347 e. The molecular formula is C8H12N2O3S. The molecule has 2 N–H and O–H groups in total. The van der Waals surface area contributed by atoms with Crippen LogP contribution in [0.5, 0.6) is 0 Å². The van der Waals surface area contributed by atoms with Gasteiger partial charge in [0.25, 0.3) is 0 Å². The molecule has 0 aliphatic heterocycles. The Balaban J connectivity index is 2.48. The average Bonchev–Trinajstić information content (AvgIpc) is 2.62. The van der Waals surface area contributed by atoms with Crippen molar-refractivity contribution in [1.82, 2.24) is 4.98 Å². The molecule has 0 aliphatic rings. The molecule has 0 spiro atoms. The number of nitrogens with one attached hydrogen (secondary N) is 1. The standard InChI is InChI=1S/C8H12N2O3S/c1-5(13-2)3-9-8-10-4-6(14-8)7(11)12/h4-5H,3H2,1-2H3,(H,9,10)(H,11,12). The zero-order valence-corrected chi connectivity index (χ0v) is 8.80. The Morgan fingerprint density at radius 2 is 2.57 bits per heavy atom. The van der Waals surface area contributed by atoms with Gasteiger partial charge in [-0.25, -0.2) is 9.78 Å². The summed E-state index contributed by atoms with van der Waals surface area (Å²) in [4.78, 5) is 14.7. The number of carbonyl (C=O) groups is 1. The molecule has 1 heterocycles. The van der Waals surface area contributed by atoms with Gasteiger partial charge >= 0.3 is 5.97 Å². The van der Waals surface area contributed by atoms with E-state index in [4.69, 9.17) is 9.84 Å². The maximum atomic E-state index is 10.5. The molecule has 1 rings (SSSR count). The molecule has 6 heteroatoms. The third kappa shape index (κ3) is 2.97. The van der Waals surface area contributed by atoms with Crippen LogP contribution in [0.3, 0.4) is 0 Å². The molecule has 0 aliphatic carbocycles. The van der Waals surface area contributed by atoms with Crippen molar-refractivity contribution in [3.63, 3.8) is 0 Å². The van der Waals surface area contributed by atoms with E-state index in [1.807, 2.05) is 6.92 Å². The number of ether oxygens (including phenoxy) is 1. The fourth-order valence-corrected chi connectivity index (χ4v) is 1.43. The number of aromatic carboxylic acids is 1. The Hall–Kier alpha value is -1.14. The highest BCUT2D eigenvalue weighted by molar-refractivity contribution is 7.17. The van der Waals surface area contributed by atoms with Crippen molar-refractivity contribution < 1.29 is 14.6 Å². The SMILES string of the molecule is COC(C)CNc1ncc(C(=O)O)s1. The Labute approximate surface area is 85.7 Å². The number of carboxylic acids is 1. The first-order chi connectivity index (χ1) is 6.63. The van der Waals surface area contributed by atoms with Gasteiger partial charge in [0.05, 0.1) is 12.3 Å². The molecule has 0 amide bonds. The van der Waals surface area contributed by atoms with Crippen LogP contribution < -0.4 is 5.32 Å². The van der Waals surface area contributed by atoms with E-state index in [0.29, 0.717) is 11.7 Å². The molecular weight excluding hydrogens is 204 g/mol. The minimum Gasteiger partial charge on any atom is -0.477 e. The van der Waals surface area contributed by atoms with E-state index in [9.17, 15) is 4.79 Å². The van der Waals surface area contributed by atoms with Gasteiger partial charge in [-0.05, 0) is 6.92 Å². The lowest BCUT2D eigenvalue weighted by Crippen LogP contribution is -2.17. The first-order valence-corrected chi connectivity index (χ1v) is 4.91. The first kappa shape index (κ1) is 10.9. The van der Waals surface area contributed by atoms with Crippen molar-refractivity contribution in [3.8, 4) is 0 Å². The summed E-state index contributed by atoms with van der Waals surface area (Å²) in [6.07, 6.45) is 1.42. The number of hydrogen-bond acceptors (Lipinski definition) is 5. The van der Waals surface area contributed by atoms with Gasteiger partial charge in [0.15, 0.2) is 5.13 Å². The summed E-state index contributed by atoms with van der Waals surface area (Å²) in [6, 6.07) is 0. The largest absolute Gasteiger partial charge is 0.477 e. The zero-order chi connectivity index (χ0) is 10.6. The minimum atomic E-state index is -0.949. The van der Waals surface area contributed by atoms with Gasteiger partial charge in [0.2, 0.25) is 0 Å². The monoisotopic (exact) mass is 216 g/mol. The molecule has 0 radical (unpaired) electrons. The molecule has 1 atom stereocenters.